The van der Waals surface area contributed by atoms with Crippen LogP contribution >= 0.6 is 0 Å². The van der Waals surface area contributed by atoms with Gasteiger partial charge in [0.15, 0.2) is 0 Å². The Bertz CT molecular complexity index is 927. The SMILES string of the molecule is C.NC/C(F)=C/Cc1cc(F)cc(C(F)(F)F)c1.NC/C(F)=C\Cc1cc(F)cc(C(F)(F)F)c1. The maximum absolute atomic E-state index is 12.9. The molecule has 2 rings (SSSR count). The van der Waals surface area contributed by atoms with Crippen LogP contribution in [0.2, 0.25) is 0 Å². The molecule has 0 aliphatic rings. The first-order valence-corrected chi connectivity index (χ1v) is 9.48. The van der Waals surface area contributed by atoms with Crippen molar-refractivity contribution in [3.63, 3.8) is 0 Å². The third-order valence-electron chi connectivity index (χ3n) is 4.08. The number of allylic oxidation sites excluding steroid dienone is 2. The predicted molar refractivity (Wildman–Crippen MR) is 113 cm³/mol. The molecule has 0 spiro atoms. The molecule has 0 unspecified atom stereocenters. The van der Waals surface area contributed by atoms with Crippen LogP contribution in [0.3, 0.4) is 0 Å². The predicted octanol–water partition coefficient (Wildman–Crippen LogP) is 7.03. The molecule has 2 aromatic rings. The van der Waals surface area contributed by atoms with E-state index in [1.165, 1.54) is 0 Å². The smallest absolute Gasteiger partial charge is 0.325 e. The molecule has 0 saturated heterocycles. The third-order valence-corrected chi connectivity index (χ3v) is 4.08. The van der Waals surface area contributed by atoms with E-state index >= 15 is 0 Å². The first kappa shape index (κ1) is 32.1. The van der Waals surface area contributed by atoms with Gasteiger partial charge in [-0.15, -0.1) is 0 Å². The lowest BCUT2D eigenvalue weighted by molar-refractivity contribution is -0.138. The van der Waals surface area contributed by atoms with Gasteiger partial charge < -0.3 is 11.5 Å². The van der Waals surface area contributed by atoms with Gasteiger partial charge in [0.2, 0.25) is 0 Å². The number of benzene rings is 2. The fraction of sp³-hybridized carbons (Fsp3) is 0.304. The summed E-state index contributed by atoms with van der Waals surface area (Å²) in [5.41, 5.74) is 7.84. The molecule has 0 aromatic heterocycles. The summed E-state index contributed by atoms with van der Waals surface area (Å²) >= 11 is 0. The average Bonchev–Trinajstić information content (AvgIpc) is 2.74. The first-order valence-electron chi connectivity index (χ1n) is 9.48. The van der Waals surface area contributed by atoms with Gasteiger partial charge in [0, 0.05) is 13.1 Å². The summed E-state index contributed by atoms with van der Waals surface area (Å²) in [7, 11) is 0. The van der Waals surface area contributed by atoms with Crippen molar-refractivity contribution >= 4 is 0 Å². The highest BCUT2D eigenvalue weighted by Gasteiger charge is 2.32. The Hall–Kier alpha value is -2.86. The fourth-order valence-electron chi connectivity index (χ4n) is 2.49. The fourth-order valence-corrected chi connectivity index (χ4v) is 2.49. The molecular weight excluding hydrogens is 494 g/mol. The van der Waals surface area contributed by atoms with Crippen molar-refractivity contribution < 1.29 is 43.9 Å². The standard InChI is InChI=1S/2C11H10F5N.CH4/c2*12-9(6-17)2-1-7-3-8(11(14,15)16)5-10(13)4-7;/h2*2-5H,1,6,17H2;1H4/b9-2+;9-2-;. The second-order valence-corrected chi connectivity index (χ2v) is 6.81. The lowest BCUT2D eigenvalue weighted by Gasteiger charge is -2.08. The third kappa shape index (κ3) is 11.9. The highest BCUT2D eigenvalue weighted by molar-refractivity contribution is 5.29. The zero-order valence-corrected chi connectivity index (χ0v) is 17.4. The number of halogens is 10. The van der Waals surface area contributed by atoms with Gasteiger partial charge in [0.1, 0.15) is 23.3 Å². The average molecular weight is 518 g/mol. The minimum absolute atomic E-state index is 0. The van der Waals surface area contributed by atoms with E-state index < -0.39 is 46.8 Å². The van der Waals surface area contributed by atoms with Gasteiger partial charge in [-0.05, 0) is 72.5 Å². The normalized spacial score (nSPS) is 12.6. The minimum atomic E-state index is -4.62. The molecule has 2 nitrogen and oxygen atoms in total. The van der Waals surface area contributed by atoms with Gasteiger partial charge in [-0.3, -0.25) is 0 Å². The van der Waals surface area contributed by atoms with E-state index in [0.717, 1.165) is 36.4 Å². The summed E-state index contributed by atoms with van der Waals surface area (Å²) in [4.78, 5) is 0. The largest absolute Gasteiger partial charge is 0.416 e. The van der Waals surface area contributed by atoms with Crippen LogP contribution in [0, 0.1) is 11.6 Å². The highest BCUT2D eigenvalue weighted by Crippen LogP contribution is 2.31. The molecule has 0 aliphatic carbocycles. The summed E-state index contributed by atoms with van der Waals surface area (Å²) in [6.45, 7) is -0.664. The molecule has 0 radical (unpaired) electrons. The molecule has 0 aliphatic heterocycles. The quantitative estimate of drug-likeness (QED) is 0.404. The van der Waals surface area contributed by atoms with E-state index in [2.05, 4.69) is 0 Å². The molecule has 35 heavy (non-hydrogen) atoms. The summed E-state index contributed by atoms with van der Waals surface area (Å²) in [5, 5.41) is 0. The van der Waals surface area contributed by atoms with E-state index in [1.807, 2.05) is 0 Å². The minimum Gasteiger partial charge on any atom is -0.325 e. The number of rotatable bonds is 6. The van der Waals surface area contributed by atoms with Crippen LogP contribution in [-0.4, -0.2) is 13.1 Å². The number of nitrogens with two attached hydrogens (primary N) is 2. The maximum Gasteiger partial charge on any atom is 0.416 e. The number of alkyl halides is 6. The number of hydrogen-bond donors (Lipinski definition) is 2. The molecule has 0 bridgehead atoms. The van der Waals surface area contributed by atoms with Crippen molar-refractivity contribution in [2.75, 3.05) is 13.1 Å². The van der Waals surface area contributed by atoms with Gasteiger partial charge >= 0.3 is 12.4 Å². The highest BCUT2D eigenvalue weighted by atomic mass is 19.4. The summed E-state index contributed by atoms with van der Waals surface area (Å²) in [6, 6.07) is 4.21. The molecule has 4 N–H and O–H groups in total. The second-order valence-electron chi connectivity index (χ2n) is 6.81. The van der Waals surface area contributed by atoms with Gasteiger partial charge in [0.05, 0.1) is 11.1 Å². The molecule has 0 heterocycles. The van der Waals surface area contributed by atoms with Crippen LogP contribution in [0.5, 0.6) is 0 Å². The van der Waals surface area contributed by atoms with Crippen LogP contribution in [0.15, 0.2) is 60.2 Å². The molecule has 0 atom stereocenters. The van der Waals surface area contributed by atoms with Crippen molar-refractivity contribution in [1.29, 1.82) is 0 Å². The van der Waals surface area contributed by atoms with Gasteiger partial charge in [0.25, 0.3) is 0 Å². The monoisotopic (exact) mass is 518 g/mol. The number of hydrogen-bond acceptors (Lipinski definition) is 2. The van der Waals surface area contributed by atoms with Gasteiger partial charge in [-0.25, -0.2) is 17.6 Å². The van der Waals surface area contributed by atoms with Crippen molar-refractivity contribution in [2.45, 2.75) is 32.6 Å². The zero-order valence-electron chi connectivity index (χ0n) is 17.4. The van der Waals surface area contributed by atoms with E-state index in [1.54, 1.807) is 0 Å². The van der Waals surface area contributed by atoms with Gasteiger partial charge in [-0.1, -0.05) is 7.43 Å². The first-order chi connectivity index (χ1) is 15.6. The molecule has 196 valence electrons. The van der Waals surface area contributed by atoms with Crippen LogP contribution in [0.25, 0.3) is 0 Å². The lowest BCUT2D eigenvalue weighted by atomic mass is 10.1. The zero-order chi connectivity index (χ0) is 26.1. The van der Waals surface area contributed by atoms with E-state index in [0.29, 0.717) is 12.1 Å². The summed E-state index contributed by atoms with van der Waals surface area (Å²) < 4.78 is 125. The Kier molecular flexibility index (Phi) is 12.7. The maximum atomic E-state index is 12.9. The van der Waals surface area contributed by atoms with Crippen LogP contribution in [0.1, 0.15) is 29.7 Å². The van der Waals surface area contributed by atoms with Crippen LogP contribution in [0.4, 0.5) is 43.9 Å². The molecule has 12 heteroatoms. The lowest BCUT2D eigenvalue weighted by Crippen LogP contribution is -2.06. The Morgan fingerprint density at radius 1 is 0.629 bits per heavy atom. The Balaban J connectivity index is 0.000000642. The van der Waals surface area contributed by atoms with Crippen molar-refractivity contribution in [3.05, 3.63) is 94.1 Å². The van der Waals surface area contributed by atoms with Gasteiger partial charge in [-0.2, -0.15) is 26.3 Å². The summed E-state index contributed by atoms with van der Waals surface area (Å²) in [5.74, 6) is -3.31. The molecule has 2 aromatic carbocycles. The van der Waals surface area contributed by atoms with Crippen molar-refractivity contribution in [2.24, 2.45) is 11.5 Å². The van der Waals surface area contributed by atoms with E-state index in [-0.39, 0.29) is 44.5 Å². The molecule has 0 amide bonds. The Morgan fingerprint density at radius 3 is 1.20 bits per heavy atom. The van der Waals surface area contributed by atoms with Crippen LogP contribution < -0.4 is 11.5 Å². The van der Waals surface area contributed by atoms with E-state index in [4.69, 9.17) is 11.5 Å². The Morgan fingerprint density at radius 2 is 0.943 bits per heavy atom. The van der Waals surface area contributed by atoms with E-state index in [9.17, 15) is 43.9 Å². The topological polar surface area (TPSA) is 52.0 Å². The summed E-state index contributed by atoms with van der Waals surface area (Å²) in [6.07, 6.45) is -7.46. The Labute approximate surface area is 195 Å². The van der Waals surface area contributed by atoms with Crippen molar-refractivity contribution in [3.8, 4) is 0 Å². The van der Waals surface area contributed by atoms with Crippen LogP contribution in [-0.2, 0) is 25.2 Å². The second kappa shape index (κ2) is 13.9. The molecular formula is C23H24F10N2. The van der Waals surface area contributed by atoms with Crippen molar-refractivity contribution in [1.82, 2.24) is 0 Å². The molecule has 0 fully saturated rings. The molecule has 0 saturated carbocycles.